The molecule has 5 rings (SSSR count). The Morgan fingerprint density at radius 2 is 1.74 bits per heavy atom. The van der Waals surface area contributed by atoms with E-state index in [0.717, 1.165) is 71.1 Å². The number of carboxylic acid groups (broad SMARTS) is 1. The number of benzene rings is 1. The van der Waals surface area contributed by atoms with Crippen LogP contribution in [-0.4, -0.2) is 72.3 Å². The summed E-state index contributed by atoms with van der Waals surface area (Å²) < 4.78 is 37.7. The zero-order chi connectivity index (χ0) is 27.4. The molecule has 208 valence electrons. The zero-order valence-electron chi connectivity index (χ0n) is 21.2. The Morgan fingerprint density at radius 3 is 2.39 bits per heavy atom. The van der Waals surface area contributed by atoms with Gasteiger partial charge in [0.2, 0.25) is 5.91 Å². The number of hydrogen-bond acceptors (Lipinski definition) is 5. The van der Waals surface area contributed by atoms with Gasteiger partial charge in [0.25, 0.3) is 5.91 Å². The first-order valence-corrected chi connectivity index (χ1v) is 13.1. The van der Waals surface area contributed by atoms with Gasteiger partial charge >= 0.3 is 12.1 Å². The van der Waals surface area contributed by atoms with E-state index in [2.05, 4.69) is 21.6 Å². The van der Waals surface area contributed by atoms with E-state index < -0.39 is 12.1 Å². The maximum Gasteiger partial charge on any atom is 0.490 e. The van der Waals surface area contributed by atoms with E-state index in [1.54, 1.807) is 0 Å². The van der Waals surface area contributed by atoms with Crippen molar-refractivity contribution in [1.82, 2.24) is 15.5 Å². The minimum Gasteiger partial charge on any atom is -0.489 e. The number of ether oxygens (including phenoxy) is 1. The number of piperidine rings is 1. The fourth-order valence-corrected chi connectivity index (χ4v) is 5.73. The number of carbonyl (C=O) groups is 3. The van der Waals surface area contributed by atoms with Gasteiger partial charge in [-0.2, -0.15) is 13.2 Å². The lowest BCUT2D eigenvalue weighted by molar-refractivity contribution is -0.192. The maximum atomic E-state index is 13.7. The molecule has 8 nitrogen and oxygen atoms in total. The van der Waals surface area contributed by atoms with Gasteiger partial charge in [-0.25, -0.2) is 4.79 Å². The number of para-hydroxylation sites is 1. The van der Waals surface area contributed by atoms with Crippen LogP contribution in [0.5, 0.6) is 5.75 Å². The Bertz CT molecular complexity index is 1060. The summed E-state index contributed by atoms with van der Waals surface area (Å²) in [5.74, 6) is -1.53. The smallest absolute Gasteiger partial charge is 0.489 e. The Kier molecular flexibility index (Phi) is 8.34. The predicted molar refractivity (Wildman–Crippen MR) is 133 cm³/mol. The summed E-state index contributed by atoms with van der Waals surface area (Å²) in [5.41, 5.74) is 0.167. The van der Waals surface area contributed by atoms with E-state index in [1.165, 1.54) is 0 Å². The van der Waals surface area contributed by atoms with Crippen LogP contribution < -0.4 is 15.4 Å². The van der Waals surface area contributed by atoms with E-state index in [9.17, 15) is 22.8 Å². The molecular formula is C27H34F3N3O5. The average molecular weight is 538 g/mol. The molecule has 1 atom stereocenters. The second-order valence-corrected chi connectivity index (χ2v) is 10.5. The summed E-state index contributed by atoms with van der Waals surface area (Å²) in [6.45, 7) is 3.82. The fourth-order valence-electron chi connectivity index (χ4n) is 5.73. The monoisotopic (exact) mass is 537 g/mol. The molecule has 3 fully saturated rings. The van der Waals surface area contributed by atoms with Crippen molar-refractivity contribution >= 4 is 17.8 Å². The van der Waals surface area contributed by atoms with Crippen LogP contribution in [0.15, 0.2) is 36.4 Å². The van der Waals surface area contributed by atoms with Crippen molar-refractivity contribution in [2.45, 2.75) is 56.7 Å². The van der Waals surface area contributed by atoms with Crippen LogP contribution in [0.25, 0.3) is 0 Å². The Morgan fingerprint density at radius 1 is 1.05 bits per heavy atom. The molecule has 2 amide bonds. The summed E-state index contributed by atoms with van der Waals surface area (Å²) in [5, 5.41) is 13.9. The van der Waals surface area contributed by atoms with E-state index in [1.807, 2.05) is 30.3 Å². The minimum absolute atomic E-state index is 0.0659. The maximum absolute atomic E-state index is 13.7. The quantitative estimate of drug-likeness (QED) is 0.437. The Labute approximate surface area is 219 Å². The molecule has 0 aromatic heterocycles. The standard InChI is InChI=1S/C25H33N3O3.C2HF3O2/c29-22-20-6-2-3-7-21(20)31-17-5-1-4-9-24(12-14-26-15-13-24)23(30)28-16-8-19(18-28)25(27-22)10-11-25;3-2(4,5)1(6)7/h1-3,5-7,19,26H,4,8-18H2,(H,27,29);(H,6,7)/b5-1+;. The number of amides is 2. The van der Waals surface area contributed by atoms with Gasteiger partial charge in [0.1, 0.15) is 12.4 Å². The molecule has 1 aromatic carbocycles. The number of rotatable bonds is 0. The van der Waals surface area contributed by atoms with Crippen LogP contribution in [0, 0.1) is 11.3 Å². The van der Waals surface area contributed by atoms with Crippen molar-refractivity contribution in [3.8, 4) is 5.75 Å². The molecule has 38 heavy (non-hydrogen) atoms. The van der Waals surface area contributed by atoms with Crippen molar-refractivity contribution < 1.29 is 37.4 Å². The summed E-state index contributed by atoms with van der Waals surface area (Å²) in [6.07, 6.45) is 5.59. The topological polar surface area (TPSA) is 108 Å². The SMILES string of the molecule is O=C(O)C(F)(F)F.O=C1NC2(CC2)C2CCN(C2)C(=O)C2(CC/C=C/COc3ccccc31)CCNCC2. The second-order valence-electron chi connectivity index (χ2n) is 10.5. The first-order chi connectivity index (χ1) is 18.1. The number of fused-ring (bicyclic) bond motifs is 4. The van der Waals surface area contributed by atoms with Crippen molar-refractivity contribution in [1.29, 1.82) is 0 Å². The van der Waals surface area contributed by atoms with Crippen LogP contribution >= 0.6 is 0 Å². The normalized spacial score (nSPS) is 25.4. The Balaban J connectivity index is 0.000000426. The third kappa shape index (κ3) is 6.31. The largest absolute Gasteiger partial charge is 0.490 e. The van der Waals surface area contributed by atoms with Crippen LogP contribution in [0.2, 0.25) is 0 Å². The molecule has 0 radical (unpaired) electrons. The first-order valence-electron chi connectivity index (χ1n) is 13.1. The molecule has 2 bridgehead atoms. The lowest BCUT2D eigenvalue weighted by Gasteiger charge is -2.39. The molecule has 4 aliphatic rings. The average Bonchev–Trinajstić information content (AvgIpc) is 3.49. The second kappa shape index (κ2) is 11.3. The zero-order valence-corrected chi connectivity index (χ0v) is 21.2. The lowest BCUT2D eigenvalue weighted by atomic mass is 9.74. The Hall–Kier alpha value is -3.08. The molecule has 1 unspecified atom stereocenters. The van der Waals surface area contributed by atoms with Crippen molar-refractivity contribution in [2.24, 2.45) is 11.3 Å². The highest BCUT2D eigenvalue weighted by atomic mass is 19.4. The van der Waals surface area contributed by atoms with E-state index in [4.69, 9.17) is 14.6 Å². The number of allylic oxidation sites excluding steroid dienone is 1. The number of carboxylic acids is 1. The third-order valence-electron chi connectivity index (χ3n) is 8.09. The van der Waals surface area contributed by atoms with Gasteiger partial charge in [0, 0.05) is 24.5 Å². The number of hydrogen-bond donors (Lipinski definition) is 3. The molecule has 2 saturated heterocycles. The van der Waals surface area contributed by atoms with Gasteiger partial charge in [0.15, 0.2) is 0 Å². The van der Waals surface area contributed by atoms with Gasteiger partial charge in [-0.05, 0) is 70.2 Å². The van der Waals surface area contributed by atoms with Crippen LogP contribution in [0.1, 0.15) is 55.3 Å². The van der Waals surface area contributed by atoms with E-state index in [0.29, 0.717) is 29.7 Å². The number of nitrogens with one attached hydrogen (secondary N) is 2. The van der Waals surface area contributed by atoms with Gasteiger partial charge in [-0.3, -0.25) is 9.59 Å². The molecule has 2 spiro atoms. The van der Waals surface area contributed by atoms with Crippen molar-refractivity contribution in [3.05, 3.63) is 42.0 Å². The highest BCUT2D eigenvalue weighted by Gasteiger charge is 2.54. The highest BCUT2D eigenvalue weighted by molar-refractivity contribution is 5.97. The van der Waals surface area contributed by atoms with Crippen molar-refractivity contribution in [3.63, 3.8) is 0 Å². The number of carbonyl (C=O) groups excluding carboxylic acids is 2. The minimum atomic E-state index is -5.08. The van der Waals surface area contributed by atoms with E-state index >= 15 is 0 Å². The molecule has 1 saturated carbocycles. The van der Waals surface area contributed by atoms with Gasteiger partial charge in [-0.1, -0.05) is 24.3 Å². The summed E-state index contributed by atoms with van der Waals surface area (Å²) in [4.78, 5) is 37.8. The molecule has 3 aliphatic heterocycles. The number of aliphatic carboxylic acids is 1. The molecule has 3 heterocycles. The summed E-state index contributed by atoms with van der Waals surface area (Å²) in [6, 6.07) is 7.48. The molecule has 11 heteroatoms. The first kappa shape index (κ1) is 27.9. The lowest BCUT2D eigenvalue weighted by Crippen LogP contribution is -2.49. The van der Waals surface area contributed by atoms with E-state index in [-0.39, 0.29) is 16.9 Å². The fraction of sp³-hybridized carbons (Fsp3) is 0.593. The number of alkyl halides is 3. The van der Waals surface area contributed by atoms with Crippen molar-refractivity contribution in [2.75, 3.05) is 32.8 Å². The van der Waals surface area contributed by atoms with Gasteiger partial charge < -0.3 is 25.4 Å². The summed E-state index contributed by atoms with van der Waals surface area (Å²) >= 11 is 0. The summed E-state index contributed by atoms with van der Waals surface area (Å²) in [7, 11) is 0. The molecular weight excluding hydrogens is 503 g/mol. The predicted octanol–water partition coefficient (Wildman–Crippen LogP) is 3.53. The number of halogens is 3. The number of nitrogens with zero attached hydrogens (tertiary/aromatic N) is 1. The highest BCUT2D eigenvalue weighted by Crippen LogP contribution is 2.48. The van der Waals surface area contributed by atoms with Gasteiger partial charge in [0.05, 0.1) is 11.0 Å². The molecule has 1 aromatic rings. The third-order valence-corrected chi connectivity index (χ3v) is 8.09. The molecule has 1 aliphatic carbocycles. The van der Waals surface area contributed by atoms with Crippen LogP contribution in [0.4, 0.5) is 13.2 Å². The van der Waals surface area contributed by atoms with Crippen LogP contribution in [0.3, 0.4) is 0 Å². The molecule has 3 N–H and O–H groups in total. The van der Waals surface area contributed by atoms with Crippen LogP contribution in [-0.2, 0) is 9.59 Å². The van der Waals surface area contributed by atoms with Gasteiger partial charge in [-0.15, -0.1) is 0 Å².